The van der Waals surface area contributed by atoms with Gasteiger partial charge in [-0.1, -0.05) is 47.4 Å². The number of nitrogens with zero attached hydrogens (tertiary/aromatic N) is 3. The molecule has 1 aromatic carbocycles. The summed E-state index contributed by atoms with van der Waals surface area (Å²) in [7, 11) is 0. The van der Waals surface area contributed by atoms with E-state index < -0.39 is 12.0 Å². The number of carbonyl (C=O) groups excluding carboxylic acids is 1. The van der Waals surface area contributed by atoms with Crippen LogP contribution >= 0.6 is 23.1 Å². The molecule has 9 heteroatoms. The topological polar surface area (TPSA) is 95.4 Å². The number of nitrogens with one attached hydrogen (secondary N) is 1. The van der Waals surface area contributed by atoms with Crippen LogP contribution in [0.3, 0.4) is 0 Å². The molecule has 27 heavy (non-hydrogen) atoms. The highest BCUT2D eigenvalue weighted by molar-refractivity contribution is 8.01. The van der Waals surface area contributed by atoms with Gasteiger partial charge in [-0.25, -0.2) is 4.79 Å². The third-order valence-corrected chi connectivity index (χ3v) is 6.02. The number of hydrogen-bond donors (Lipinski definition) is 2. The van der Waals surface area contributed by atoms with Crippen molar-refractivity contribution in [3.63, 3.8) is 0 Å². The van der Waals surface area contributed by atoms with Crippen LogP contribution in [0.5, 0.6) is 0 Å². The minimum atomic E-state index is -0.976. The van der Waals surface area contributed by atoms with E-state index in [2.05, 4.69) is 15.5 Å². The number of amides is 1. The minimum absolute atomic E-state index is 0.118. The molecule has 0 saturated heterocycles. The first-order chi connectivity index (χ1) is 12.7. The zero-order chi connectivity index (χ0) is 19.6. The second kappa shape index (κ2) is 7.85. The molecule has 1 aliphatic heterocycles. The average Bonchev–Trinajstić information content (AvgIpc) is 3.03. The molecule has 0 saturated carbocycles. The monoisotopic (exact) mass is 406 g/mol. The lowest BCUT2D eigenvalue weighted by Gasteiger charge is -2.34. The lowest BCUT2D eigenvalue weighted by molar-refractivity contribution is -0.150. The van der Waals surface area contributed by atoms with Gasteiger partial charge in [0.2, 0.25) is 11.0 Å². The fourth-order valence-corrected chi connectivity index (χ4v) is 4.70. The van der Waals surface area contributed by atoms with Crippen molar-refractivity contribution in [1.29, 1.82) is 0 Å². The van der Waals surface area contributed by atoms with E-state index in [1.165, 1.54) is 28.0 Å². The number of anilines is 1. The predicted molar refractivity (Wildman–Crippen MR) is 106 cm³/mol. The van der Waals surface area contributed by atoms with Gasteiger partial charge in [-0.15, -0.1) is 10.2 Å². The Balaban J connectivity index is 1.65. The van der Waals surface area contributed by atoms with Gasteiger partial charge in [-0.05, 0) is 31.9 Å². The zero-order valence-electron chi connectivity index (χ0n) is 15.4. The minimum Gasteiger partial charge on any atom is -0.480 e. The van der Waals surface area contributed by atoms with E-state index in [1.54, 1.807) is 0 Å². The van der Waals surface area contributed by atoms with Crippen molar-refractivity contribution < 1.29 is 14.7 Å². The fourth-order valence-electron chi connectivity index (χ4n) is 2.85. The number of fused-ring (bicyclic) bond motifs is 1. The predicted octanol–water partition coefficient (Wildman–Crippen LogP) is 2.88. The Morgan fingerprint density at radius 2 is 2.00 bits per heavy atom. The molecule has 0 bridgehead atoms. The van der Waals surface area contributed by atoms with Crippen LogP contribution in [0.4, 0.5) is 5.13 Å². The lowest BCUT2D eigenvalue weighted by Crippen LogP contribution is -2.49. The molecule has 0 unspecified atom stereocenters. The number of carboxylic acid groups (broad SMARTS) is 1. The Morgan fingerprint density at radius 1 is 1.30 bits per heavy atom. The van der Waals surface area contributed by atoms with Gasteiger partial charge < -0.3 is 15.3 Å². The standard InChI is InChI=1S/C18H22N4O3S2/c1-18(2,3)19-16-20-21-17(27-16)26-10-14(23)22-9-12-7-5-4-6-11(12)8-13(22)15(24)25/h4-7,13H,8-10H2,1-3H3,(H,19,20)(H,24,25)/t13-/m1/s1. The Bertz CT molecular complexity index is 847. The normalized spacial score (nSPS) is 16.7. The van der Waals surface area contributed by atoms with Crippen molar-refractivity contribution in [1.82, 2.24) is 15.1 Å². The number of thioether (sulfide) groups is 1. The molecular formula is C18H22N4O3S2. The number of carbonyl (C=O) groups is 2. The maximum atomic E-state index is 12.7. The number of hydrogen-bond acceptors (Lipinski definition) is 7. The Labute approximate surface area is 166 Å². The maximum Gasteiger partial charge on any atom is 0.326 e. The highest BCUT2D eigenvalue weighted by Crippen LogP contribution is 2.29. The van der Waals surface area contributed by atoms with Crippen molar-refractivity contribution in [3.8, 4) is 0 Å². The first-order valence-electron chi connectivity index (χ1n) is 8.56. The molecule has 1 aromatic heterocycles. The summed E-state index contributed by atoms with van der Waals surface area (Å²) in [6.07, 6.45) is 0.334. The molecular weight excluding hydrogens is 384 g/mol. The van der Waals surface area contributed by atoms with E-state index >= 15 is 0 Å². The quantitative estimate of drug-likeness (QED) is 0.737. The summed E-state index contributed by atoms with van der Waals surface area (Å²) in [6.45, 7) is 6.42. The molecule has 2 heterocycles. The Kier molecular flexibility index (Phi) is 5.71. The van der Waals surface area contributed by atoms with E-state index in [4.69, 9.17) is 0 Å². The average molecular weight is 407 g/mol. The summed E-state index contributed by atoms with van der Waals surface area (Å²) in [4.78, 5) is 25.8. The van der Waals surface area contributed by atoms with Gasteiger partial charge in [0.05, 0.1) is 5.75 Å². The van der Waals surface area contributed by atoms with Crippen LogP contribution in [0, 0.1) is 0 Å². The number of rotatable bonds is 5. The van der Waals surface area contributed by atoms with Crippen molar-refractivity contribution in [2.45, 2.75) is 49.7 Å². The third kappa shape index (κ3) is 4.98. The molecule has 1 atom stereocenters. The summed E-state index contributed by atoms with van der Waals surface area (Å²) >= 11 is 2.67. The van der Waals surface area contributed by atoms with Gasteiger partial charge >= 0.3 is 5.97 Å². The molecule has 1 aliphatic rings. The molecule has 2 aromatic rings. The molecule has 144 valence electrons. The van der Waals surface area contributed by atoms with Gasteiger partial charge in [-0.3, -0.25) is 4.79 Å². The van der Waals surface area contributed by atoms with Crippen molar-refractivity contribution >= 4 is 40.1 Å². The van der Waals surface area contributed by atoms with Crippen molar-refractivity contribution in [2.24, 2.45) is 0 Å². The smallest absolute Gasteiger partial charge is 0.326 e. The van der Waals surface area contributed by atoms with Gasteiger partial charge in [0.25, 0.3) is 0 Å². The van der Waals surface area contributed by atoms with Gasteiger partial charge in [-0.2, -0.15) is 0 Å². The summed E-state index contributed by atoms with van der Waals surface area (Å²) in [5.41, 5.74) is 1.87. The summed E-state index contributed by atoms with van der Waals surface area (Å²) in [6, 6.07) is 6.83. The number of carboxylic acids is 1. The van der Waals surface area contributed by atoms with Gasteiger partial charge in [0.15, 0.2) is 4.34 Å². The second-order valence-electron chi connectivity index (χ2n) is 7.39. The van der Waals surface area contributed by atoms with Crippen LogP contribution in [-0.2, 0) is 22.6 Å². The molecule has 0 aliphatic carbocycles. The Hall–Kier alpha value is -2.13. The van der Waals surface area contributed by atoms with Crippen LogP contribution in [0.2, 0.25) is 0 Å². The SMILES string of the molecule is CC(C)(C)Nc1nnc(SCC(=O)N2Cc3ccccc3C[C@@H]2C(=O)O)s1. The van der Waals surface area contributed by atoms with Gasteiger partial charge in [0.1, 0.15) is 6.04 Å². The lowest BCUT2D eigenvalue weighted by atomic mass is 9.94. The van der Waals surface area contributed by atoms with Gasteiger partial charge in [0, 0.05) is 18.5 Å². The Morgan fingerprint density at radius 3 is 2.67 bits per heavy atom. The molecule has 0 spiro atoms. The van der Waals surface area contributed by atoms with E-state index in [-0.39, 0.29) is 17.2 Å². The fraction of sp³-hybridized carbons (Fsp3) is 0.444. The molecule has 1 amide bonds. The van der Waals surface area contributed by atoms with Crippen LogP contribution in [-0.4, -0.2) is 49.4 Å². The molecule has 0 radical (unpaired) electrons. The van der Waals surface area contributed by atoms with Crippen LogP contribution in [0.15, 0.2) is 28.6 Å². The van der Waals surface area contributed by atoms with Crippen LogP contribution in [0.1, 0.15) is 31.9 Å². The first-order valence-corrected chi connectivity index (χ1v) is 10.4. The highest BCUT2D eigenvalue weighted by Gasteiger charge is 2.34. The molecule has 7 nitrogen and oxygen atoms in total. The zero-order valence-corrected chi connectivity index (χ0v) is 17.1. The molecule has 0 fully saturated rings. The van der Waals surface area contributed by atoms with E-state index in [1.807, 2.05) is 45.0 Å². The maximum absolute atomic E-state index is 12.7. The molecule has 2 N–H and O–H groups in total. The summed E-state index contributed by atoms with van der Waals surface area (Å²) < 4.78 is 0.680. The molecule has 3 rings (SSSR count). The van der Waals surface area contributed by atoms with E-state index in [0.29, 0.717) is 22.4 Å². The number of aromatic nitrogens is 2. The third-order valence-electron chi connectivity index (χ3n) is 4.06. The van der Waals surface area contributed by atoms with Crippen molar-refractivity contribution in [3.05, 3.63) is 35.4 Å². The number of benzene rings is 1. The highest BCUT2D eigenvalue weighted by atomic mass is 32.2. The summed E-state index contributed by atoms with van der Waals surface area (Å²) in [5, 5.41) is 21.7. The van der Waals surface area contributed by atoms with E-state index in [9.17, 15) is 14.7 Å². The van der Waals surface area contributed by atoms with E-state index in [0.717, 1.165) is 11.1 Å². The number of aliphatic carboxylic acids is 1. The summed E-state index contributed by atoms with van der Waals surface area (Å²) in [5.74, 6) is -1.05. The van der Waals surface area contributed by atoms with Crippen LogP contribution < -0.4 is 5.32 Å². The van der Waals surface area contributed by atoms with Crippen LogP contribution in [0.25, 0.3) is 0 Å². The largest absolute Gasteiger partial charge is 0.480 e. The first kappa shape index (κ1) is 19.6. The van der Waals surface area contributed by atoms with Crippen molar-refractivity contribution in [2.75, 3.05) is 11.1 Å². The second-order valence-corrected chi connectivity index (χ2v) is 9.59.